The molecule has 0 amide bonds. The van der Waals surface area contributed by atoms with Crippen LogP contribution < -0.4 is 14.8 Å². The van der Waals surface area contributed by atoms with Gasteiger partial charge in [0.25, 0.3) is 0 Å². The molecule has 0 unspecified atom stereocenters. The van der Waals surface area contributed by atoms with E-state index in [1.807, 2.05) is 6.07 Å². The van der Waals surface area contributed by atoms with Crippen molar-refractivity contribution >= 4 is 27.4 Å². The first kappa shape index (κ1) is 18.9. The number of aryl methyl sites for hydroxylation is 2. The van der Waals surface area contributed by atoms with Gasteiger partial charge < -0.3 is 14.8 Å². The highest BCUT2D eigenvalue weighted by Crippen LogP contribution is 2.37. The normalized spacial score (nSPS) is 12.9. The summed E-state index contributed by atoms with van der Waals surface area (Å²) in [7, 11) is 0. The summed E-state index contributed by atoms with van der Waals surface area (Å²) in [6.07, 6.45) is 2.50. The zero-order chi connectivity index (χ0) is 20.5. The summed E-state index contributed by atoms with van der Waals surface area (Å²) in [5.41, 5.74) is 6.18. The van der Waals surface area contributed by atoms with E-state index in [4.69, 9.17) is 9.47 Å². The van der Waals surface area contributed by atoms with E-state index < -0.39 is 0 Å². The van der Waals surface area contributed by atoms with E-state index in [2.05, 4.69) is 64.8 Å². The van der Waals surface area contributed by atoms with E-state index in [-0.39, 0.29) is 0 Å². The SMILES string of the molecule is Cc1ccc(-c2csc3ncnc(NCCc4ccc5c(c4)OCCO5)c23)cc1C. The molecule has 0 bridgehead atoms. The second kappa shape index (κ2) is 7.95. The molecule has 30 heavy (non-hydrogen) atoms. The van der Waals surface area contributed by atoms with Crippen molar-refractivity contribution in [2.45, 2.75) is 20.3 Å². The molecule has 0 atom stereocenters. The molecular formula is C24H23N3O2S. The lowest BCUT2D eigenvalue weighted by molar-refractivity contribution is 0.171. The van der Waals surface area contributed by atoms with Crippen molar-refractivity contribution in [3.8, 4) is 22.6 Å². The third kappa shape index (κ3) is 3.59. The molecule has 152 valence electrons. The molecule has 0 spiro atoms. The van der Waals surface area contributed by atoms with Crippen LogP contribution in [0.4, 0.5) is 5.82 Å². The fourth-order valence-corrected chi connectivity index (χ4v) is 4.61. The molecule has 0 saturated carbocycles. The molecular weight excluding hydrogens is 394 g/mol. The number of nitrogens with zero attached hydrogens (tertiary/aromatic N) is 2. The first-order chi connectivity index (χ1) is 14.7. The Bertz CT molecular complexity index is 1220. The minimum Gasteiger partial charge on any atom is -0.486 e. The van der Waals surface area contributed by atoms with Crippen LogP contribution >= 0.6 is 11.3 Å². The molecule has 6 heteroatoms. The number of ether oxygens (including phenoxy) is 2. The molecule has 1 aliphatic heterocycles. The monoisotopic (exact) mass is 417 g/mol. The number of anilines is 1. The number of nitrogens with one attached hydrogen (secondary N) is 1. The minimum absolute atomic E-state index is 0.604. The highest BCUT2D eigenvalue weighted by Gasteiger charge is 2.14. The fourth-order valence-electron chi connectivity index (χ4n) is 3.70. The van der Waals surface area contributed by atoms with Crippen LogP contribution in [0.2, 0.25) is 0 Å². The molecule has 5 rings (SSSR count). The highest BCUT2D eigenvalue weighted by atomic mass is 32.1. The predicted molar refractivity (Wildman–Crippen MR) is 122 cm³/mol. The van der Waals surface area contributed by atoms with Gasteiger partial charge in [-0.2, -0.15) is 0 Å². The largest absolute Gasteiger partial charge is 0.486 e. The number of hydrogen-bond acceptors (Lipinski definition) is 6. The van der Waals surface area contributed by atoms with Gasteiger partial charge in [0.15, 0.2) is 11.5 Å². The summed E-state index contributed by atoms with van der Waals surface area (Å²) >= 11 is 1.66. The van der Waals surface area contributed by atoms with Crippen LogP contribution in [0, 0.1) is 13.8 Å². The summed E-state index contributed by atoms with van der Waals surface area (Å²) < 4.78 is 11.3. The van der Waals surface area contributed by atoms with Gasteiger partial charge in [-0.25, -0.2) is 9.97 Å². The third-order valence-electron chi connectivity index (χ3n) is 5.50. The van der Waals surface area contributed by atoms with Gasteiger partial charge in [0.05, 0.1) is 5.39 Å². The average Bonchev–Trinajstić information content (AvgIpc) is 3.21. The first-order valence-corrected chi connectivity index (χ1v) is 11.0. The summed E-state index contributed by atoms with van der Waals surface area (Å²) in [4.78, 5) is 10.0. The van der Waals surface area contributed by atoms with Crippen LogP contribution in [-0.4, -0.2) is 29.7 Å². The Kier molecular flexibility index (Phi) is 5.01. The Morgan fingerprint density at radius 3 is 2.70 bits per heavy atom. The van der Waals surface area contributed by atoms with Gasteiger partial charge >= 0.3 is 0 Å². The number of hydrogen-bond donors (Lipinski definition) is 1. The van der Waals surface area contributed by atoms with Crippen LogP contribution in [-0.2, 0) is 6.42 Å². The summed E-state index contributed by atoms with van der Waals surface area (Å²) in [5.74, 6) is 2.54. The minimum atomic E-state index is 0.604. The average molecular weight is 418 g/mol. The Morgan fingerprint density at radius 2 is 1.83 bits per heavy atom. The second-order valence-electron chi connectivity index (χ2n) is 7.51. The lowest BCUT2D eigenvalue weighted by Crippen LogP contribution is -2.15. The van der Waals surface area contributed by atoms with E-state index in [0.717, 1.165) is 40.5 Å². The molecule has 1 aliphatic rings. The lowest BCUT2D eigenvalue weighted by Gasteiger charge is -2.19. The molecule has 0 saturated heterocycles. The standard InChI is InChI=1S/C24H23N3O2S/c1-15-3-5-18(11-16(15)2)19-13-30-24-22(19)23(26-14-27-24)25-8-7-17-4-6-20-21(12-17)29-10-9-28-20/h3-6,11-14H,7-10H2,1-2H3,(H,25,26,27). The molecule has 1 N–H and O–H groups in total. The molecule has 4 aromatic rings. The maximum absolute atomic E-state index is 5.69. The van der Waals surface area contributed by atoms with Gasteiger partial charge in [0.2, 0.25) is 0 Å². The second-order valence-corrected chi connectivity index (χ2v) is 8.36. The van der Waals surface area contributed by atoms with Crippen molar-refractivity contribution in [3.05, 3.63) is 64.8 Å². The zero-order valence-electron chi connectivity index (χ0n) is 17.1. The van der Waals surface area contributed by atoms with Gasteiger partial charge in [-0.05, 0) is 54.7 Å². The molecule has 2 aromatic carbocycles. The highest BCUT2D eigenvalue weighted by molar-refractivity contribution is 7.17. The van der Waals surface area contributed by atoms with E-state index in [0.29, 0.717) is 13.2 Å². The van der Waals surface area contributed by atoms with Crippen LogP contribution in [0.1, 0.15) is 16.7 Å². The van der Waals surface area contributed by atoms with Gasteiger partial charge in [-0.1, -0.05) is 24.3 Å². The molecule has 0 aliphatic carbocycles. The maximum Gasteiger partial charge on any atom is 0.161 e. The number of rotatable bonds is 5. The Balaban J connectivity index is 1.38. The molecule has 3 heterocycles. The van der Waals surface area contributed by atoms with Crippen LogP contribution in [0.5, 0.6) is 11.5 Å². The van der Waals surface area contributed by atoms with Gasteiger partial charge in [-0.3, -0.25) is 0 Å². The fraction of sp³-hybridized carbons (Fsp3) is 0.250. The smallest absolute Gasteiger partial charge is 0.161 e. The summed E-state index contributed by atoms with van der Waals surface area (Å²) in [6, 6.07) is 12.7. The number of thiophene rings is 1. The van der Waals surface area contributed by atoms with Crippen molar-refractivity contribution in [1.82, 2.24) is 9.97 Å². The molecule has 2 aromatic heterocycles. The third-order valence-corrected chi connectivity index (χ3v) is 6.39. The number of aromatic nitrogens is 2. The Labute approximate surface area is 179 Å². The summed E-state index contributed by atoms with van der Waals surface area (Å²) in [5, 5.41) is 6.79. The molecule has 0 fully saturated rings. The van der Waals surface area contributed by atoms with E-state index in [9.17, 15) is 0 Å². The maximum atomic E-state index is 5.69. The van der Waals surface area contributed by atoms with Crippen LogP contribution in [0.25, 0.3) is 21.3 Å². The van der Waals surface area contributed by atoms with Crippen molar-refractivity contribution in [1.29, 1.82) is 0 Å². The van der Waals surface area contributed by atoms with E-state index >= 15 is 0 Å². The summed E-state index contributed by atoms with van der Waals surface area (Å²) in [6.45, 7) is 6.28. The Morgan fingerprint density at radius 1 is 0.967 bits per heavy atom. The first-order valence-electron chi connectivity index (χ1n) is 10.1. The lowest BCUT2D eigenvalue weighted by atomic mass is 10.0. The molecule has 5 nitrogen and oxygen atoms in total. The quantitative estimate of drug-likeness (QED) is 0.471. The Hall–Kier alpha value is -3.12. The number of benzene rings is 2. The van der Waals surface area contributed by atoms with Crippen LogP contribution in [0.3, 0.4) is 0 Å². The topological polar surface area (TPSA) is 56.3 Å². The van der Waals surface area contributed by atoms with Crippen molar-refractivity contribution < 1.29 is 9.47 Å². The zero-order valence-corrected chi connectivity index (χ0v) is 17.9. The van der Waals surface area contributed by atoms with Crippen molar-refractivity contribution in [2.24, 2.45) is 0 Å². The van der Waals surface area contributed by atoms with E-state index in [1.54, 1.807) is 17.7 Å². The van der Waals surface area contributed by atoms with Crippen molar-refractivity contribution in [2.75, 3.05) is 25.1 Å². The van der Waals surface area contributed by atoms with E-state index in [1.165, 1.54) is 27.8 Å². The predicted octanol–water partition coefficient (Wildman–Crippen LogP) is 5.40. The van der Waals surface area contributed by atoms with Gasteiger partial charge in [0.1, 0.15) is 30.2 Å². The number of fused-ring (bicyclic) bond motifs is 2. The van der Waals surface area contributed by atoms with Crippen LogP contribution in [0.15, 0.2) is 48.1 Å². The molecule has 0 radical (unpaired) electrons. The van der Waals surface area contributed by atoms with Gasteiger partial charge in [-0.15, -0.1) is 11.3 Å². The van der Waals surface area contributed by atoms with Crippen molar-refractivity contribution in [3.63, 3.8) is 0 Å². The van der Waals surface area contributed by atoms with Gasteiger partial charge in [0, 0.05) is 17.5 Å².